The summed E-state index contributed by atoms with van der Waals surface area (Å²) in [4.78, 5) is 18.3. The van der Waals surface area contributed by atoms with Crippen LogP contribution in [-0.4, -0.2) is 69.4 Å². The number of benzene rings is 1. The van der Waals surface area contributed by atoms with E-state index < -0.39 is 14.6 Å². The third-order valence-corrected chi connectivity index (χ3v) is 7.43. The first-order chi connectivity index (χ1) is 13.1. The summed E-state index contributed by atoms with van der Waals surface area (Å²) >= 11 is 0. The highest BCUT2D eigenvalue weighted by atomic mass is 32.2. The van der Waals surface area contributed by atoms with Crippen LogP contribution in [0.25, 0.3) is 0 Å². The molecule has 1 saturated heterocycles. The quantitative estimate of drug-likeness (QED) is 0.496. The lowest BCUT2D eigenvalue weighted by atomic mass is 10.1. The molecule has 1 heterocycles. The first-order valence-corrected chi connectivity index (χ1v) is 11.5. The van der Waals surface area contributed by atoms with Crippen LogP contribution in [0, 0.1) is 5.92 Å². The minimum atomic E-state index is -3.18. The van der Waals surface area contributed by atoms with Crippen LogP contribution in [0.5, 0.6) is 0 Å². The smallest absolute Gasteiger partial charge is 0.223 e. The molecule has 156 valence electrons. The summed E-state index contributed by atoms with van der Waals surface area (Å²) in [5.41, 5.74) is 1.23. The van der Waals surface area contributed by atoms with Gasteiger partial charge in [-0.15, -0.1) is 0 Å². The largest absolute Gasteiger partial charge is 0.356 e. The number of sulfone groups is 1. The Bertz CT molecular complexity index is 791. The number of carbonyl (C=O) groups excluding carboxylic acids is 1. The van der Waals surface area contributed by atoms with Crippen molar-refractivity contribution in [2.75, 3.05) is 39.5 Å². The van der Waals surface area contributed by atoms with Crippen molar-refractivity contribution in [2.24, 2.45) is 10.9 Å². The summed E-state index contributed by atoms with van der Waals surface area (Å²) in [5, 5.41) is 6.29. The Balaban J connectivity index is 1.78. The Morgan fingerprint density at radius 2 is 1.93 bits per heavy atom. The standard InChI is InChI=1S/C20H32N4O3S/c1-20(2,28(4,26)27)15-23-19(21-3)22-13-17-12-18(25)24(14-17)11-10-16-8-6-5-7-9-16/h5-9,17H,10-15H2,1-4H3,(H2,21,22,23). The highest BCUT2D eigenvalue weighted by molar-refractivity contribution is 7.92. The molecule has 0 radical (unpaired) electrons. The Kier molecular flexibility index (Phi) is 7.46. The second kappa shape index (κ2) is 9.41. The average Bonchev–Trinajstić information content (AvgIpc) is 2.99. The second-order valence-corrected chi connectivity index (χ2v) is 10.6. The molecule has 1 aromatic rings. The molecule has 8 heteroatoms. The summed E-state index contributed by atoms with van der Waals surface area (Å²) in [7, 11) is -1.53. The van der Waals surface area contributed by atoms with Crippen LogP contribution in [-0.2, 0) is 21.1 Å². The number of amides is 1. The van der Waals surface area contributed by atoms with Crippen LogP contribution in [0.1, 0.15) is 25.8 Å². The van der Waals surface area contributed by atoms with E-state index in [-0.39, 0.29) is 18.4 Å². The predicted molar refractivity (Wildman–Crippen MR) is 113 cm³/mol. The van der Waals surface area contributed by atoms with Gasteiger partial charge in [-0.05, 0) is 25.8 Å². The summed E-state index contributed by atoms with van der Waals surface area (Å²) in [6, 6.07) is 10.2. The van der Waals surface area contributed by atoms with Crippen molar-refractivity contribution in [1.82, 2.24) is 15.5 Å². The number of guanidine groups is 1. The lowest BCUT2D eigenvalue weighted by Crippen LogP contribution is -2.48. The van der Waals surface area contributed by atoms with Crippen molar-refractivity contribution in [3.63, 3.8) is 0 Å². The van der Waals surface area contributed by atoms with Crippen molar-refractivity contribution in [3.05, 3.63) is 35.9 Å². The zero-order valence-electron chi connectivity index (χ0n) is 17.2. The zero-order valence-corrected chi connectivity index (χ0v) is 18.1. The molecule has 28 heavy (non-hydrogen) atoms. The minimum Gasteiger partial charge on any atom is -0.356 e. The molecule has 1 atom stereocenters. The Labute approximate surface area is 168 Å². The van der Waals surface area contributed by atoms with E-state index in [9.17, 15) is 13.2 Å². The maximum Gasteiger partial charge on any atom is 0.223 e. The molecule has 1 aliphatic heterocycles. The van der Waals surface area contributed by atoms with Crippen molar-refractivity contribution in [1.29, 1.82) is 0 Å². The number of nitrogens with one attached hydrogen (secondary N) is 2. The van der Waals surface area contributed by atoms with E-state index >= 15 is 0 Å². The Morgan fingerprint density at radius 1 is 1.25 bits per heavy atom. The normalized spacial score (nSPS) is 18.4. The van der Waals surface area contributed by atoms with Gasteiger partial charge in [0.2, 0.25) is 5.91 Å². The zero-order chi connectivity index (χ0) is 20.8. The van der Waals surface area contributed by atoms with E-state index in [2.05, 4.69) is 27.8 Å². The van der Waals surface area contributed by atoms with Gasteiger partial charge in [0.15, 0.2) is 15.8 Å². The van der Waals surface area contributed by atoms with Crippen LogP contribution >= 0.6 is 0 Å². The molecule has 1 unspecified atom stereocenters. The van der Waals surface area contributed by atoms with Crippen molar-refractivity contribution >= 4 is 21.7 Å². The van der Waals surface area contributed by atoms with E-state index in [1.54, 1.807) is 20.9 Å². The van der Waals surface area contributed by atoms with Crippen LogP contribution in [0.2, 0.25) is 0 Å². The van der Waals surface area contributed by atoms with Crippen molar-refractivity contribution < 1.29 is 13.2 Å². The molecule has 1 aromatic carbocycles. The lowest BCUT2D eigenvalue weighted by Gasteiger charge is -2.24. The first kappa shape index (κ1) is 22.2. The fourth-order valence-corrected chi connectivity index (χ4v) is 3.34. The highest BCUT2D eigenvalue weighted by Gasteiger charge is 2.31. The SMILES string of the molecule is CN=C(NCC1CC(=O)N(CCc2ccccc2)C1)NCC(C)(C)S(C)(=O)=O. The number of likely N-dealkylation sites (tertiary alicyclic amines) is 1. The minimum absolute atomic E-state index is 0.184. The van der Waals surface area contributed by atoms with Crippen molar-refractivity contribution in [3.8, 4) is 0 Å². The van der Waals surface area contributed by atoms with Gasteiger partial charge in [0.1, 0.15) is 0 Å². The molecule has 2 N–H and O–H groups in total. The number of hydrogen-bond donors (Lipinski definition) is 2. The van der Waals surface area contributed by atoms with Gasteiger partial charge in [0.05, 0.1) is 4.75 Å². The predicted octanol–water partition coefficient (Wildman–Crippen LogP) is 1.07. The van der Waals surface area contributed by atoms with Gasteiger partial charge in [-0.1, -0.05) is 30.3 Å². The fourth-order valence-electron chi connectivity index (χ4n) is 3.00. The summed E-state index contributed by atoms with van der Waals surface area (Å²) in [5.74, 6) is 0.945. The van der Waals surface area contributed by atoms with Crippen LogP contribution in [0.3, 0.4) is 0 Å². The monoisotopic (exact) mass is 408 g/mol. The molecule has 1 aliphatic rings. The number of hydrogen-bond acceptors (Lipinski definition) is 4. The van der Waals surface area contributed by atoms with Gasteiger partial charge in [0, 0.05) is 51.8 Å². The van der Waals surface area contributed by atoms with Crippen molar-refractivity contribution in [2.45, 2.75) is 31.4 Å². The van der Waals surface area contributed by atoms with E-state index in [1.165, 1.54) is 11.8 Å². The summed E-state index contributed by atoms with van der Waals surface area (Å²) in [6.45, 7) is 5.70. The van der Waals surface area contributed by atoms with E-state index in [0.717, 1.165) is 19.5 Å². The van der Waals surface area contributed by atoms with E-state index in [4.69, 9.17) is 0 Å². The summed E-state index contributed by atoms with van der Waals surface area (Å²) in [6.07, 6.45) is 2.61. The third-order valence-electron chi connectivity index (χ3n) is 5.27. The molecule has 0 aromatic heterocycles. The first-order valence-electron chi connectivity index (χ1n) is 9.58. The van der Waals surface area contributed by atoms with Crippen LogP contribution in [0.4, 0.5) is 0 Å². The van der Waals surface area contributed by atoms with Gasteiger partial charge in [-0.3, -0.25) is 9.79 Å². The lowest BCUT2D eigenvalue weighted by molar-refractivity contribution is -0.127. The molecule has 1 amide bonds. The van der Waals surface area contributed by atoms with Gasteiger partial charge in [-0.25, -0.2) is 8.42 Å². The molecule has 2 rings (SSSR count). The topological polar surface area (TPSA) is 90.9 Å². The highest BCUT2D eigenvalue weighted by Crippen LogP contribution is 2.18. The molecule has 0 saturated carbocycles. The maximum absolute atomic E-state index is 12.3. The molecule has 0 aliphatic carbocycles. The number of aliphatic imine (C=N–C) groups is 1. The Hall–Kier alpha value is -2.09. The Morgan fingerprint density at radius 3 is 2.54 bits per heavy atom. The third kappa shape index (κ3) is 6.22. The number of rotatable bonds is 8. The van der Waals surface area contributed by atoms with Gasteiger partial charge in [0.25, 0.3) is 0 Å². The molecular formula is C20H32N4O3S. The maximum atomic E-state index is 12.3. The van der Waals surface area contributed by atoms with Gasteiger partial charge in [-0.2, -0.15) is 0 Å². The van der Waals surface area contributed by atoms with Gasteiger partial charge >= 0.3 is 0 Å². The molecule has 7 nitrogen and oxygen atoms in total. The van der Waals surface area contributed by atoms with Gasteiger partial charge < -0.3 is 15.5 Å². The van der Waals surface area contributed by atoms with E-state index in [1.807, 2.05) is 23.1 Å². The van der Waals surface area contributed by atoms with Crippen LogP contribution < -0.4 is 10.6 Å². The average molecular weight is 409 g/mol. The molecule has 0 spiro atoms. The molecule has 1 fully saturated rings. The fraction of sp³-hybridized carbons (Fsp3) is 0.600. The second-order valence-electron chi connectivity index (χ2n) is 7.98. The molecule has 0 bridgehead atoms. The summed E-state index contributed by atoms with van der Waals surface area (Å²) < 4.78 is 22.7. The molecular weight excluding hydrogens is 376 g/mol. The van der Waals surface area contributed by atoms with Crippen LogP contribution in [0.15, 0.2) is 35.3 Å². The van der Waals surface area contributed by atoms with E-state index in [0.29, 0.717) is 18.9 Å². The number of nitrogens with zero attached hydrogens (tertiary/aromatic N) is 2. The number of carbonyl (C=O) groups is 1.